The number of amides is 1. The quantitative estimate of drug-likeness (QED) is 0.819. The minimum Gasteiger partial charge on any atom is -0.360 e. The smallest absolute Gasteiger partial charge is 0.238 e. The molecule has 2 aromatic rings. The molecule has 0 bridgehead atoms. The van der Waals surface area contributed by atoms with Gasteiger partial charge in [-0.2, -0.15) is 0 Å². The molecular formula is C16H20N2O3S. The summed E-state index contributed by atoms with van der Waals surface area (Å²) in [5.74, 6) is 0.604. The van der Waals surface area contributed by atoms with Crippen molar-refractivity contribution in [2.24, 2.45) is 0 Å². The number of carbonyl (C=O) groups is 1. The molecular weight excluding hydrogens is 300 g/mol. The number of hydrogen-bond donors (Lipinski definition) is 0. The summed E-state index contributed by atoms with van der Waals surface area (Å²) < 4.78 is 17.3. The van der Waals surface area contributed by atoms with E-state index in [1.807, 2.05) is 30.3 Å². The number of carbonyl (C=O) groups excluding carboxylic acids is 1. The van der Waals surface area contributed by atoms with Crippen LogP contribution in [0.2, 0.25) is 0 Å². The Morgan fingerprint density at radius 2 is 2.05 bits per heavy atom. The second-order valence-electron chi connectivity index (χ2n) is 5.28. The molecule has 2 atom stereocenters. The van der Waals surface area contributed by atoms with Crippen molar-refractivity contribution in [3.05, 3.63) is 53.4 Å². The van der Waals surface area contributed by atoms with Gasteiger partial charge >= 0.3 is 0 Å². The topological polar surface area (TPSA) is 63.4 Å². The summed E-state index contributed by atoms with van der Waals surface area (Å²) in [5.41, 5.74) is 1.79. The lowest BCUT2D eigenvalue weighted by molar-refractivity contribution is -0.129. The maximum atomic E-state index is 12.4. The van der Waals surface area contributed by atoms with Crippen molar-refractivity contribution in [1.82, 2.24) is 10.1 Å². The molecule has 0 aliphatic heterocycles. The third kappa shape index (κ3) is 4.27. The molecule has 0 unspecified atom stereocenters. The van der Waals surface area contributed by atoms with Crippen molar-refractivity contribution in [3.63, 3.8) is 0 Å². The van der Waals surface area contributed by atoms with Crippen LogP contribution >= 0.6 is 0 Å². The van der Waals surface area contributed by atoms with Crippen LogP contribution in [-0.4, -0.2) is 32.5 Å². The first kappa shape index (κ1) is 16.4. The fourth-order valence-electron chi connectivity index (χ4n) is 2.11. The van der Waals surface area contributed by atoms with Crippen molar-refractivity contribution < 1.29 is 13.5 Å². The minimum atomic E-state index is -1.34. The largest absolute Gasteiger partial charge is 0.360 e. The van der Waals surface area contributed by atoms with Crippen LogP contribution in [0.15, 0.2) is 40.9 Å². The number of benzene rings is 1. The molecule has 2 rings (SSSR count). The van der Waals surface area contributed by atoms with E-state index < -0.39 is 16.0 Å². The van der Waals surface area contributed by atoms with Crippen molar-refractivity contribution in [2.75, 3.05) is 7.05 Å². The Hall–Kier alpha value is -1.95. The van der Waals surface area contributed by atoms with E-state index >= 15 is 0 Å². The molecule has 0 radical (unpaired) electrons. The molecule has 6 heteroatoms. The average molecular weight is 320 g/mol. The molecule has 0 saturated carbocycles. The highest BCUT2D eigenvalue weighted by molar-refractivity contribution is 7.85. The molecule has 0 spiro atoms. The zero-order chi connectivity index (χ0) is 16.1. The van der Waals surface area contributed by atoms with E-state index in [4.69, 9.17) is 4.52 Å². The van der Waals surface area contributed by atoms with Gasteiger partial charge in [0.25, 0.3) is 0 Å². The first-order valence-corrected chi connectivity index (χ1v) is 8.44. The van der Waals surface area contributed by atoms with Gasteiger partial charge in [0, 0.05) is 30.5 Å². The SMILES string of the molecule is Cc1cc(C[S@@](=O)[C@H](C)C(=O)N(C)Cc2ccccc2)on1. The van der Waals surface area contributed by atoms with Gasteiger partial charge in [0.2, 0.25) is 5.91 Å². The molecule has 22 heavy (non-hydrogen) atoms. The van der Waals surface area contributed by atoms with E-state index in [1.165, 1.54) is 0 Å². The molecule has 0 saturated heterocycles. The van der Waals surface area contributed by atoms with E-state index in [2.05, 4.69) is 5.16 Å². The van der Waals surface area contributed by atoms with Gasteiger partial charge in [-0.1, -0.05) is 35.5 Å². The van der Waals surface area contributed by atoms with Gasteiger partial charge in [-0.25, -0.2) is 0 Å². The Morgan fingerprint density at radius 1 is 1.36 bits per heavy atom. The van der Waals surface area contributed by atoms with Gasteiger partial charge < -0.3 is 9.42 Å². The van der Waals surface area contributed by atoms with Crippen molar-refractivity contribution in [3.8, 4) is 0 Å². The molecule has 1 heterocycles. The van der Waals surface area contributed by atoms with Crippen LogP contribution in [0.3, 0.4) is 0 Å². The maximum absolute atomic E-state index is 12.4. The fraction of sp³-hybridized carbons (Fsp3) is 0.375. The first-order chi connectivity index (χ1) is 10.5. The van der Waals surface area contributed by atoms with Crippen LogP contribution in [0.4, 0.5) is 0 Å². The standard InChI is InChI=1S/C16H20N2O3S/c1-12-9-15(21-17-12)11-22(20)13(2)16(19)18(3)10-14-7-5-4-6-8-14/h4-9,13H,10-11H2,1-3H3/t13-,22-/m1/s1. The normalized spacial score (nSPS) is 13.6. The third-order valence-corrected chi connectivity index (χ3v) is 4.90. The Balaban J connectivity index is 1.94. The Bertz CT molecular complexity index is 654. The number of hydrogen-bond acceptors (Lipinski definition) is 4. The highest BCUT2D eigenvalue weighted by atomic mass is 32.2. The Kier molecular flexibility index (Phi) is 5.49. The number of nitrogens with zero attached hydrogens (tertiary/aromatic N) is 2. The van der Waals surface area contributed by atoms with Gasteiger partial charge in [-0.15, -0.1) is 0 Å². The second kappa shape index (κ2) is 7.35. The van der Waals surface area contributed by atoms with Gasteiger partial charge in [-0.05, 0) is 19.4 Å². The molecule has 5 nitrogen and oxygen atoms in total. The van der Waals surface area contributed by atoms with Gasteiger partial charge in [0.05, 0.1) is 11.4 Å². The number of aromatic nitrogens is 1. The van der Waals surface area contributed by atoms with Crippen molar-refractivity contribution in [1.29, 1.82) is 0 Å². The molecule has 0 fully saturated rings. The fourth-order valence-corrected chi connectivity index (χ4v) is 3.18. The van der Waals surface area contributed by atoms with Crippen LogP contribution in [0.1, 0.15) is 23.9 Å². The summed E-state index contributed by atoms with van der Waals surface area (Å²) in [6.45, 7) is 3.99. The third-order valence-electron chi connectivity index (χ3n) is 3.34. The van der Waals surface area contributed by atoms with E-state index in [0.29, 0.717) is 12.3 Å². The summed E-state index contributed by atoms with van der Waals surface area (Å²) in [7, 11) is 0.388. The lowest BCUT2D eigenvalue weighted by Crippen LogP contribution is -2.37. The second-order valence-corrected chi connectivity index (χ2v) is 7.04. The van der Waals surface area contributed by atoms with Crippen molar-refractivity contribution in [2.45, 2.75) is 31.4 Å². The van der Waals surface area contributed by atoms with Crippen LogP contribution in [0.5, 0.6) is 0 Å². The van der Waals surface area contributed by atoms with Gasteiger partial charge in [0.1, 0.15) is 11.0 Å². The monoisotopic (exact) mass is 320 g/mol. The lowest BCUT2D eigenvalue weighted by Gasteiger charge is -2.21. The first-order valence-electron chi connectivity index (χ1n) is 7.05. The number of rotatable bonds is 6. The van der Waals surface area contributed by atoms with Gasteiger partial charge in [0.15, 0.2) is 0 Å². The summed E-state index contributed by atoms with van der Waals surface area (Å²) in [6, 6.07) is 11.5. The summed E-state index contributed by atoms with van der Waals surface area (Å²) >= 11 is 0. The summed E-state index contributed by atoms with van der Waals surface area (Å²) in [4.78, 5) is 14.0. The lowest BCUT2D eigenvalue weighted by atomic mass is 10.2. The molecule has 1 amide bonds. The molecule has 118 valence electrons. The highest BCUT2D eigenvalue weighted by Crippen LogP contribution is 2.12. The predicted molar refractivity (Wildman–Crippen MR) is 85.5 cm³/mol. The zero-order valence-electron chi connectivity index (χ0n) is 13.0. The van der Waals surface area contributed by atoms with E-state index in [9.17, 15) is 9.00 Å². The maximum Gasteiger partial charge on any atom is 0.238 e. The van der Waals surface area contributed by atoms with E-state index in [0.717, 1.165) is 11.3 Å². The minimum absolute atomic E-state index is 0.140. The molecule has 0 N–H and O–H groups in total. The van der Waals surface area contributed by atoms with Crippen molar-refractivity contribution >= 4 is 16.7 Å². The number of aryl methyl sites for hydroxylation is 1. The molecule has 1 aromatic carbocycles. The van der Waals surface area contributed by atoms with Crippen LogP contribution in [0, 0.1) is 6.92 Å². The van der Waals surface area contributed by atoms with E-state index in [-0.39, 0.29) is 11.7 Å². The van der Waals surface area contributed by atoms with Crippen LogP contribution in [-0.2, 0) is 27.9 Å². The molecule has 0 aliphatic rings. The van der Waals surface area contributed by atoms with E-state index in [1.54, 1.807) is 31.9 Å². The molecule has 1 aromatic heterocycles. The molecule has 0 aliphatic carbocycles. The highest BCUT2D eigenvalue weighted by Gasteiger charge is 2.24. The van der Waals surface area contributed by atoms with Crippen LogP contribution in [0.25, 0.3) is 0 Å². The Labute approximate surface area is 132 Å². The summed E-state index contributed by atoms with van der Waals surface area (Å²) in [6.07, 6.45) is 0. The summed E-state index contributed by atoms with van der Waals surface area (Å²) in [5, 5.41) is 3.18. The average Bonchev–Trinajstić information content (AvgIpc) is 2.91. The van der Waals surface area contributed by atoms with Crippen LogP contribution < -0.4 is 0 Å². The van der Waals surface area contributed by atoms with Gasteiger partial charge in [-0.3, -0.25) is 9.00 Å². The Morgan fingerprint density at radius 3 is 2.64 bits per heavy atom. The predicted octanol–water partition coefficient (Wildman–Crippen LogP) is 2.28. The zero-order valence-corrected chi connectivity index (χ0v) is 13.8.